The lowest BCUT2D eigenvalue weighted by Crippen LogP contribution is -2.23. The van der Waals surface area contributed by atoms with Crippen LogP contribution in [0.5, 0.6) is 5.75 Å². The van der Waals surface area contributed by atoms with E-state index in [2.05, 4.69) is 21.2 Å². The van der Waals surface area contributed by atoms with Gasteiger partial charge >= 0.3 is 0 Å². The highest BCUT2D eigenvalue weighted by atomic mass is 79.9. The first-order chi connectivity index (χ1) is 8.18. The molecular formula is C12H18BrNO2S. The van der Waals surface area contributed by atoms with Gasteiger partial charge in [-0.25, -0.2) is 0 Å². The molecule has 1 aromatic rings. The predicted molar refractivity (Wildman–Crippen MR) is 76.1 cm³/mol. The van der Waals surface area contributed by atoms with Crippen molar-refractivity contribution in [3.05, 3.63) is 28.7 Å². The van der Waals surface area contributed by atoms with Crippen molar-refractivity contribution in [1.82, 2.24) is 5.32 Å². The summed E-state index contributed by atoms with van der Waals surface area (Å²) in [6.45, 7) is 2.35. The normalized spacial score (nSPS) is 12.4. The van der Waals surface area contributed by atoms with Gasteiger partial charge in [0.1, 0.15) is 12.4 Å². The molecule has 0 fully saturated rings. The van der Waals surface area contributed by atoms with Gasteiger partial charge in [-0.3, -0.25) is 4.21 Å². The van der Waals surface area contributed by atoms with Gasteiger partial charge in [-0.1, -0.05) is 15.9 Å². The van der Waals surface area contributed by atoms with Crippen molar-refractivity contribution >= 4 is 26.7 Å². The second kappa shape index (κ2) is 8.66. The van der Waals surface area contributed by atoms with Gasteiger partial charge in [0, 0.05) is 33.8 Å². The van der Waals surface area contributed by atoms with E-state index < -0.39 is 10.8 Å². The maximum Gasteiger partial charge on any atom is 0.119 e. The van der Waals surface area contributed by atoms with Crippen LogP contribution in [0.4, 0.5) is 0 Å². The number of rotatable bonds is 8. The number of benzene rings is 1. The molecule has 1 rings (SSSR count). The van der Waals surface area contributed by atoms with E-state index in [1.54, 1.807) is 6.26 Å². The van der Waals surface area contributed by atoms with Crippen molar-refractivity contribution in [1.29, 1.82) is 0 Å². The molecule has 0 aliphatic rings. The third-order valence-corrected chi connectivity index (χ3v) is 3.54. The Morgan fingerprint density at radius 2 is 2.00 bits per heavy atom. The van der Waals surface area contributed by atoms with E-state index in [1.807, 2.05) is 24.3 Å². The fourth-order valence-electron chi connectivity index (χ4n) is 1.30. The molecule has 1 atom stereocenters. The molecule has 0 aliphatic carbocycles. The van der Waals surface area contributed by atoms with Crippen molar-refractivity contribution in [2.75, 3.05) is 31.7 Å². The lowest BCUT2D eigenvalue weighted by atomic mass is 10.3. The number of hydrogen-bond donors (Lipinski definition) is 1. The average molecular weight is 320 g/mol. The molecule has 0 heterocycles. The highest BCUT2D eigenvalue weighted by Crippen LogP contribution is 2.15. The van der Waals surface area contributed by atoms with Crippen molar-refractivity contribution in [3.63, 3.8) is 0 Å². The molecule has 1 unspecified atom stereocenters. The molecule has 0 bridgehead atoms. The minimum Gasteiger partial charge on any atom is -0.492 e. The van der Waals surface area contributed by atoms with E-state index in [1.165, 1.54) is 0 Å². The van der Waals surface area contributed by atoms with Crippen molar-refractivity contribution in [3.8, 4) is 5.75 Å². The smallest absolute Gasteiger partial charge is 0.119 e. The van der Waals surface area contributed by atoms with Gasteiger partial charge in [0.2, 0.25) is 0 Å². The Balaban J connectivity index is 2.01. The molecule has 17 heavy (non-hydrogen) atoms. The van der Waals surface area contributed by atoms with Crippen LogP contribution in [0.2, 0.25) is 0 Å². The Morgan fingerprint density at radius 3 is 2.65 bits per heavy atom. The molecule has 0 spiro atoms. The summed E-state index contributed by atoms with van der Waals surface area (Å²) in [5.41, 5.74) is 0. The summed E-state index contributed by atoms with van der Waals surface area (Å²) in [7, 11) is -0.680. The standard InChI is InChI=1S/C12H18BrNO2S/c1-17(15)10-2-7-14-8-9-16-12-5-3-11(13)4-6-12/h3-6,14H,2,7-10H2,1H3. The van der Waals surface area contributed by atoms with E-state index in [0.29, 0.717) is 6.61 Å². The van der Waals surface area contributed by atoms with Crippen LogP contribution < -0.4 is 10.1 Å². The van der Waals surface area contributed by atoms with Gasteiger partial charge in [-0.05, 0) is 37.2 Å². The summed E-state index contributed by atoms with van der Waals surface area (Å²) in [4.78, 5) is 0. The van der Waals surface area contributed by atoms with E-state index in [0.717, 1.165) is 35.5 Å². The summed E-state index contributed by atoms with van der Waals surface area (Å²) >= 11 is 3.37. The molecule has 0 aromatic heterocycles. The maximum atomic E-state index is 10.8. The Bertz CT molecular complexity index is 343. The summed E-state index contributed by atoms with van der Waals surface area (Å²) in [6, 6.07) is 7.78. The van der Waals surface area contributed by atoms with Crippen LogP contribution in [0, 0.1) is 0 Å². The minimum absolute atomic E-state index is 0.650. The van der Waals surface area contributed by atoms with Crippen LogP contribution in [0.25, 0.3) is 0 Å². The molecule has 1 N–H and O–H groups in total. The van der Waals surface area contributed by atoms with Crippen molar-refractivity contribution in [2.45, 2.75) is 6.42 Å². The van der Waals surface area contributed by atoms with Crippen LogP contribution in [-0.2, 0) is 10.8 Å². The van der Waals surface area contributed by atoms with Gasteiger partial charge < -0.3 is 10.1 Å². The number of hydrogen-bond acceptors (Lipinski definition) is 3. The van der Waals surface area contributed by atoms with Crippen molar-refractivity contribution in [2.24, 2.45) is 0 Å². The predicted octanol–water partition coefficient (Wildman–Crippen LogP) is 2.19. The fourth-order valence-corrected chi connectivity index (χ4v) is 2.11. The SMILES string of the molecule is CS(=O)CCCNCCOc1ccc(Br)cc1. The fraction of sp³-hybridized carbons (Fsp3) is 0.500. The first-order valence-corrected chi connectivity index (χ1v) is 8.09. The van der Waals surface area contributed by atoms with Gasteiger partial charge in [0.25, 0.3) is 0 Å². The number of nitrogens with one attached hydrogen (secondary N) is 1. The van der Waals surface area contributed by atoms with Gasteiger partial charge in [0.05, 0.1) is 0 Å². The van der Waals surface area contributed by atoms with Crippen LogP contribution in [0.3, 0.4) is 0 Å². The molecule has 5 heteroatoms. The van der Waals surface area contributed by atoms with E-state index in [9.17, 15) is 4.21 Å². The van der Waals surface area contributed by atoms with E-state index in [4.69, 9.17) is 4.74 Å². The minimum atomic E-state index is -0.680. The van der Waals surface area contributed by atoms with Crippen LogP contribution >= 0.6 is 15.9 Å². The summed E-state index contributed by atoms with van der Waals surface area (Å²) in [5, 5.41) is 3.25. The van der Waals surface area contributed by atoms with Gasteiger partial charge in [-0.15, -0.1) is 0 Å². The van der Waals surface area contributed by atoms with Crippen molar-refractivity contribution < 1.29 is 8.95 Å². The van der Waals surface area contributed by atoms with E-state index in [-0.39, 0.29) is 0 Å². The molecule has 0 saturated heterocycles. The third-order valence-electron chi connectivity index (χ3n) is 2.15. The monoisotopic (exact) mass is 319 g/mol. The third kappa shape index (κ3) is 7.52. The zero-order valence-corrected chi connectivity index (χ0v) is 12.4. The maximum absolute atomic E-state index is 10.8. The summed E-state index contributed by atoms with van der Waals surface area (Å²) in [6.07, 6.45) is 2.68. The van der Waals surface area contributed by atoms with E-state index >= 15 is 0 Å². The largest absolute Gasteiger partial charge is 0.492 e. The quantitative estimate of drug-likeness (QED) is 0.746. The lowest BCUT2D eigenvalue weighted by molar-refractivity contribution is 0.314. The second-order valence-electron chi connectivity index (χ2n) is 3.68. The lowest BCUT2D eigenvalue weighted by Gasteiger charge is -2.07. The Kier molecular flexibility index (Phi) is 7.48. The average Bonchev–Trinajstić information content (AvgIpc) is 2.30. The zero-order chi connectivity index (χ0) is 12.5. The molecule has 0 aliphatic heterocycles. The molecular weight excluding hydrogens is 302 g/mol. The van der Waals surface area contributed by atoms with Crippen LogP contribution in [0.1, 0.15) is 6.42 Å². The molecule has 96 valence electrons. The zero-order valence-electron chi connectivity index (χ0n) is 9.95. The van der Waals surface area contributed by atoms with Gasteiger partial charge in [0.15, 0.2) is 0 Å². The summed E-state index contributed by atoms with van der Waals surface area (Å²) < 4.78 is 17.4. The Morgan fingerprint density at radius 1 is 1.29 bits per heavy atom. The second-order valence-corrected chi connectivity index (χ2v) is 6.15. The van der Waals surface area contributed by atoms with Crippen LogP contribution in [0.15, 0.2) is 28.7 Å². The van der Waals surface area contributed by atoms with Gasteiger partial charge in [-0.2, -0.15) is 0 Å². The molecule has 3 nitrogen and oxygen atoms in total. The number of halogens is 1. The molecule has 0 radical (unpaired) electrons. The number of ether oxygens (including phenoxy) is 1. The Labute approximate surface area is 114 Å². The molecule has 0 saturated carbocycles. The topological polar surface area (TPSA) is 38.3 Å². The van der Waals surface area contributed by atoms with Crippen LogP contribution in [-0.4, -0.2) is 35.9 Å². The first kappa shape index (κ1) is 14.7. The molecule has 0 amide bonds. The Hall–Kier alpha value is -0.390. The molecule has 1 aromatic carbocycles. The highest BCUT2D eigenvalue weighted by molar-refractivity contribution is 9.10. The summed E-state index contributed by atoms with van der Waals surface area (Å²) in [5.74, 6) is 1.64. The first-order valence-electron chi connectivity index (χ1n) is 5.57. The highest BCUT2D eigenvalue weighted by Gasteiger charge is 1.94.